The molecule has 1 unspecified atom stereocenters. The maximum atomic E-state index is 14.0. The molecule has 3 nitrogen and oxygen atoms in total. The molecule has 1 N–H and O–H groups in total. The van der Waals surface area contributed by atoms with E-state index in [0.29, 0.717) is 30.9 Å². The Morgan fingerprint density at radius 3 is 2.32 bits per heavy atom. The first kappa shape index (κ1) is 22.9. The van der Waals surface area contributed by atoms with Gasteiger partial charge in [0.25, 0.3) is 0 Å². The average Bonchev–Trinajstić information content (AvgIpc) is 2.56. The molecular weight excluding hydrogens is 367 g/mol. The Labute approximate surface area is 166 Å². The third-order valence-electron chi connectivity index (χ3n) is 5.78. The smallest absolute Gasteiger partial charge is 0.418 e. The summed E-state index contributed by atoms with van der Waals surface area (Å²) in [7, 11) is 1.70. The van der Waals surface area contributed by atoms with Crippen molar-refractivity contribution in [3.05, 3.63) is 23.3 Å². The molecule has 1 aromatic carbocycles. The van der Waals surface area contributed by atoms with Gasteiger partial charge < -0.3 is 14.7 Å². The molecule has 0 saturated heterocycles. The number of ether oxygens (including phenoxy) is 1. The summed E-state index contributed by atoms with van der Waals surface area (Å²) in [6.45, 7) is 10.2. The molecule has 1 aliphatic carbocycles. The molecule has 0 radical (unpaired) electrons. The van der Waals surface area contributed by atoms with Crippen LogP contribution in [0, 0.1) is 5.92 Å². The van der Waals surface area contributed by atoms with Gasteiger partial charge in [-0.25, -0.2) is 0 Å². The molecule has 0 spiro atoms. The Morgan fingerprint density at radius 1 is 1.25 bits per heavy atom. The summed E-state index contributed by atoms with van der Waals surface area (Å²) in [4.78, 5) is 1.71. The van der Waals surface area contributed by atoms with E-state index in [2.05, 4.69) is 13.8 Å². The summed E-state index contributed by atoms with van der Waals surface area (Å²) >= 11 is 0. The van der Waals surface area contributed by atoms with Crippen molar-refractivity contribution in [2.75, 3.05) is 18.6 Å². The molecule has 1 atom stereocenters. The van der Waals surface area contributed by atoms with Crippen molar-refractivity contribution in [3.8, 4) is 5.75 Å². The predicted octanol–water partition coefficient (Wildman–Crippen LogP) is 5.99. The van der Waals surface area contributed by atoms with E-state index in [1.54, 1.807) is 24.9 Å². The second-order valence-corrected chi connectivity index (χ2v) is 8.92. The molecule has 0 heterocycles. The molecular formula is C22H34F3NO2. The van der Waals surface area contributed by atoms with Gasteiger partial charge >= 0.3 is 6.18 Å². The summed E-state index contributed by atoms with van der Waals surface area (Å²) in [5.41, 5.74) is -0.573. The minimum atomic E-state index is -4.48. The van der Waals surface area contributed by atoms with Crippen molar-refractivity contribution in [3.63, 3.8) is 0 Å². The lowest BCUT2D eigenvalue weighted by Crippen LogP contribution is -2.53. The molecule has 1 saturated carbocycles. The van der Waals surface area contributed by atoms with Gasteiger partial charge in [0, 0.05) is 13.1 Å². The number of aliphatic hydroxyl groups is 1. The number of anilines is 1. The maximum Gasteiger partial charge on any atom is 0.418 e. The highest BCUT2D eigenvalue weighted by Gasteiger charge is 2.44. The van der Waals surface area contributed by atoms with Crippen LogP contribution < -0.4 is 9.64 Å². The first-order valence-corrected chi connectivity index (χ1v) is 10.2. The molecule has 1 aliphatic rings. The van der Waals surface area contributed by atoms with Gasteiger partial charge in [0.2, 0.25) is 0 Å². The van der Waals surface area contributed by atoms with Gasteiger partial charge in [-0.2, -0.15) is 13.2 Å². The van der Waals surface area contributed by atoms with Crippen LogP contribution in [0.1, 0.15) is 77.3 Å². The van der Waals surface area contributed by atoms with E-state index < -0.39 is 17.3 Å². The van der Waals surface area contributed by atoms with E-state index in [0.717, 1.165) is 18.9 Å². The predicted molar refractivity (Wildman–Crippen MR) is 107 cm³/mol. The molecule has 0 amide bonds. The Hall–Kier alpha value is -1.43. The second-order valence-electron chi connectivity index (χ2n) is 8.92. The number of alkyl halides is 3. The monoisotopic (exact) mass is 401 g/mol. The Kier molecular flexibility index (Phi) is 6.95. The molecule has 28 heavy (non-hydrogen) atoms. The normalized spacial score (nSPS) is 23.5. The van der Waals surface area contributed by atoms with E-state index in [4.69, 9.17) is 4.74 Å². The zero-order valence-corrected chi connectivity index (χ0v) is 17.9. The van der Waals surface area contributed by atoms with E-state index >= 15 is 0 Å². The molecule has 160 valence electrons. The van der Waals surface area contributed by atoms with Crippen molar-refractivity contribution in [2.45, 2.75) is 84.0 Å². The highest BCUT2D eigenvalue weighted by atomic mass is 19.4. The van der Waals surface area contributed by atoms with Gasteiger partial charge in [-0.15, -0.1) is 0 Å². The molecule has 1 aromatic rings. The fourth-order valence-corrected chi connectivity index (χ4v) is 3.74. The lowest BCUT2D eigenvalue weighted by atomic mass is 9.76. The third kappa shape index (κ3) is 5.34. The Bertz CT molecular complexity index is 662. The highest BCUT2D eigenvalue weighted by Crippen LogP contribution is 2.47. The van der Waals surface area contributed by atoms with Gasteiger partial charge in [0.05, 0.1) is 23.5 Å². The standard InChI is InChI=1S/C22H34F3NO2/c1-7-15(4)18-10-17(28-9-8-14(2)3)11-19(22(23,24)25)20(18)26(6)16-12-21(5,27)13-16/h10-11,14-16,27H,7-9,12-13H2,1-6H3. The lowest BCUT2D eigenvalue weighted by molar-refractivity contribution is -0.137. The van der Waals surface area contributed by atoms with E-state index in [-0.39, 0.29) is 23.4 Å². The van der Waals surface area contributed by atoms with E-state index in [1.165, 1.54) is 0 Å². The number of hydrogen-bond donors (Lipinski definition) is 1. The van der Waals surface area contributed by atoms with Gasteiger partial charge in [-0.3, -0.25) is 0 Å². The Balaban J connectivity index is 2.47. The highest BCUT2D eigenvalue weighted by molar-refractivity contribution is 5.65. The number of hydrogen-bond acceptors (Lipinski definition) is 3. The van der Waals surface area contributed by atoms with Crippen molar-refractivity contribution in [2.24, 2.45) is 5.92 Å². The van der Waals surface area contributed by atoms with Crippen LogP contribution >= 0.6 is 0 Å². The summed E-state index contributed by atoms with van der Waals surface area (Å²) in [5, 5.41) is 10.1. The van der Waals surface area contributed by atoms with Crippen molar-refractivity contribution in [1.29, 1.82) is 0 Å². The van der Waals surface area contributed by atoms with Crippen LogP contribution in [0.5, 0.6) is 5.75 Å². The fraction of sp³-hybridized carbons (Fsp3) is 0.727. The quantitative estimate of drug-likeness (QED) is 0.580. The van der Waals surface area contributed by atoms with E-state index in [1.807, 2.05) is 13.8 Å². The molecule has 2 rings (SSSR count). The number of halogens is 3. The van der Waals surface area contributed by atoms with Crippen LogP contribution in [0.15, 0.2) is 12.1 Å². The van der Waals surface area contributed by atoms with Gasteiger partial charge in [0.1, 0.15) is 5.75 Å². The summed E-state index contributed by atoms with van der Waals surface area (Å²) in [6.07, 6.45) is -2.02. The van der Waals surface area contributed by atoms with Crippen LogP contribution in [0.25, 0.3) is 0 Å². The average molecular weight is 402 g/mol. The zero-order chi connectivity index (χ0) is 21.3. The minimum Gasteiger partial charge on any atom is -0.494 e. The van der Waals surface area contributed by atoms with Crippen LogP contribution in [0.4, 0.5) is 18.9 Å². The lowest BCUT2D eigenvalue weighted by Gasteiger charge is -2.47. The molecule has 0 aromatic heterocycles. The Morgan fingerprint density at radius 2 is 1.86 bits per heavy atom. The summed E-state index contributed by atoms with van der Waals surface area (Å²) in [5.74, 6) is 0.668. The molecule has 0 bridgehead atoms. The molecule has 6 heteroatoms. The first-order valence-electron chi connectivity index (χ1n) is 10.2. The minimum absolute atomic E-state index is 0.0345. The van der Waals surface area contributed by atoms with Crippen LogP contribution in [-0.2, 0) is 6.18 Å². The van der Waals surface area contributed by atoms with Crippen molar-refractivity contribution < 1.29 is 23.0 Å². The molecule has 1 fully saturated rings. The summed E-state index contributed by atoms with van der Waals surface area (Å²) < 4.78 is 47.7. The van der Waals surface area contributed by atoms with Gasteiger partial charge in [-0.1, -0.05) is 27.7 Å². The number of nitrogens with zero attached hydrogens (tertiary/aromatic N) is 1. The summed E-state index contributed by atoms with van der Waals surface area (Å²) in [6, 6.07) is 2.80. The van der Waals surface area contributed by atoms with Crippen LogP contribution in [-0.4, -0.2) is 30.4 Å². The van der Waals surface area contributed by atoms with Crippen LogP contribution in [0.3, 0.4) is 0 Å². The van der Waals surface area contributed by atoms with Crippen molar-refractivity contribution >= 4 is 5.69 Å². The number of benzene rings is 1. The second kappa shape index (κ2) is 8.52. The SMILES string of the molecule is CCC(C)c1cc(OCCC(C)C)cc(C(F)(F)F)c1N(C)C1CC(C)(O)C1. The molecule has 0 aliphatic heterocycles. The topological polar surface area (TPSA) is 32.7 Å². The first-order chi connectivity index (χ1) is 12.9. The largest absolute Gasteiger partial charge is 0.494 e. The number of rotatable bonds is 8. The van der Waals surface area contributed by atoms with Crippen LogP contribution in [0.2, 0.25) is 0 Å². The van der Waals surface area contributed by atoms with E-state index in [9.17, 15) is 18.3 Å². The maximum absolute atomic E-state index is 14.0. The zero-order valence-electron chi connectivity index (χ0n) is 17.9. The van der Waals surface area contributed by atoms with Gasteiger partial charge in [0.15, 0.2) is 0 Å². The van der Waals surface area contributed by atoms with Gasteiger partial charge in [-0.05, 0) is 62.1 Å². The third-order valence-corrected chi connectivity index (χ3v) is 5.78. The van der Waals surface area contributed by atoms with Crippen molar-refractivity contribution in [1.82, 2.24) is 0 Å². The fourth-order valence-electron chi connectivity index (χ4n) is 3.74.